The van der Waals surface area contributed by atoms with Crippen molar-refractivity contribution in [2.75, 3.05) is 7.11 Å². The van der Waals surface area contributed by atoms with Gasteiger partial charge in [0.15, 0.2) is 0 Å². The standard InChI is InChI=1S/C21H17F3N4O2/c1-30-19-9-13(5-7-26-19)20(29)28-16-3-2-14-11-27-17(10-15(14)16)12-4-6-25-18(8-12)21(22,23)24/h4-11,16H,2-3H2,1H3,(H,28,29)/t16-/m1/s1. The smallest absolute Gasteiger partial charge is 0.433 e. The van der Waals surface area contributed by atoms with E-state index in [4.69, 9.17) is 4.74 Å². The molecular weight excluding hydrogens is 397 g/mol. The molecule has 1 aliphatic carbocycles. The summed E-state index contributed by atoms with van der Waals surface area (Å²) in [6.07, 6.45) is 1.12. The highest BCUT2D eigenvalue weighted by atomic mass is 19.4. The second-order valence-electron chi connectivity index (χ2n) is 6.85. The molecule has 9 heteroatoms. The molecule has 4 rings (SSSR count). The monoisotopic (exact) mass is 414 g/mol. The van der Waals surface area contributed by atoms with Gasteiger partial charge in [0.2, 0.25) is 5.88 Å². The molecule has 0 aromatic carbocycles. The van der Waals surface area contributed by atoms with E-state index in [0.29, 0.717) is 29.1 Å². The third-order valence-corrected chi connectivity index (χ3v) is 4.96. The number of fused-ring (bicyclic) bond motifs is 1. The first-order valence-electron chi connectivity index (χ1n) is 9.18. The molecule has 154 valence electrons. The maximum atomic E-state index is 13.0. The number of amides is 1. The number of rotatable bonds is 4. The minimum atomic E-state index is -4.53. The van der Waals surface area contributed by atoms with E-state index in [1.165, 1.54) is 19.4 Å². The molecule has 0 aliphatic heterocycles. The van der Waals surface area contributed by atoms with Gasteiger partial charge in [0.05, 0.1) is 18.8 Å². The third kappa shape index (κ3) is 3.96. The van der Waals surface area contributed by atoms with Crippen molar-refractivity contribution in [1.82, 2.24) is 20.3 Å². The second-order valence-corrected chi connectivity index (χ2v) is 6.85. The number of methoxy groups -OCH3 is 1. The lowest BCUT2D eigenvalue weighted by Gasteiger charge is -2.15. The first-order chi connectivity index (χ1) is 14.3. The summed E-state index contributed by atoms with van der Waals surface area (Å²) in [6, 6.07) is 7.05. The molecule has 3 heterocycles. The van der Waals surface area contributed by atoms with Gasteiger partial charge in [-0.25, -0.2) is 4.98 Å². The Balaban J connectivity index is 1.60. The van der Waals surface area contributed by atoms with Gasteiger partial charge in [-0.2, -0.15) is 13.2 Å². The molecule has 1 N–H and O–H groups in total. The van der Waals surface area contributed by atoms with E-state index in [9.17, 15) is 18.0 Å². The summed E-state index contributed by atoms with van der Waals surface area (Å²) in [5.41, 5.74) is 1.96. The zero-order valence-electron chi connectivity index (χ0n) is 15.9. The highest BCUT2D eigenvalue weighted by Crippen LogP contribution is 2.35. The van der Waals surface area contributed by atoms with Crippen LogP contribution < -0.4 is 10.1 Å². The normalized spacial score (nSPS) is 15.5. The minimum absolute atomic E-state index is 0.266. The summed E-state index contributed by atoms with van der Waals surface area (Å²) in [4.78, 5) is 24.3. The molecule has 0 saturated carbocycles. The van der Waals surface area contributed by atoms with Gasteiger partial charge in [-0.1, -0.05) is 0 Å². The predicted molar refractivity (Wildman–Crippen MR) is 102 cm³/mol. The number of hydrogen-bond acceptors (Lipinski definition) is 5. The highest BCUT2D eigenvalue weighted by Gasteiger charge is 2.33. The summed E-state index contributed by atoms with van der Waals surface area (Å²) in [5.74, 6) is 0.0503. The first kappa shape index (κ1) is 19.8. The van der Waals surface area contributed by atoms with Crippen LogP contribution in [0.15, 0.2) is 48.9 Å². The summed E-state index contributed by atoms with van der Waals surface area (Å²) < 4.78 is 44.0. The lowest BCUT2D eigenvalue weighted by molar-refractivity contribution is -0.141. The number of alkyl halides is 3. The molecule has 0 radical (unpaired) electrons. The lowest BCUT2D eigenvalue weighted by Crippen LogP contribution is -2.27. The molecular formula is C21H17F3N4O2. The van der Waals surface area contributed by atoms with Crippen molar-refractivity contribution in [2.45, 2.75) is 25.1 Å². The van der Waals surface area contributed by atoms with Gasteiger partial charge in [-0.3, -0.25) is 14.8 Å². The molecule has 0 unspecified atom stereocenters. The number of halogens is 3. The number of carbonyl (C=O) groups is 1. The molecule has 0 spiro atoms. The number of aromatic nitrogens is 3. The first-order valence-corrected chi connectivity index (χ1v) is 9.18. The summed E-state index contributed by atoms with van der Waals surface area (Å²) in [5, 5.41) is 2.97. The van der Waals surface area contributed by atoms with Crippen LogP contribution in [-0.4, -0.2) is 28.0 Å². The quantitative estimate of drug-likeness (QED) is 0.699. The Kier molecular flexibility index (Phi) is 5.11. The van der Waals surface area contributed by atoms with Gasteiger partial charge in [-0.05, 0) is 48.2 Å². The molecule has 1 atom stereocenters. The molecule has 0 bridgehead atoms. The van der Waals surface area contributed by atoms with Gasteiger partial charge >= 0.3 is 6.18 Å². The van der Waals surface area contributed by atoms with Gasteiger partial charge in [0.25, 0.3) is 5.91 Å². The molecule has 3 aromatic rings. The van der Waals surface area contributed by atoms with Crippen molar-refractivity contribution in [2.24, 2.45) is 0 Å². The van der Waals surface area contributed by atoms with Gasteiger partial charge < -0.3 is 10.1 Å². The summed E-state index contributed by atoms with van der Waals surface area (Å²) >= 11 is 0. The maximum Gasteiger partial charge on any atom is 0.433 e. The SMILES string of the molecule is COc1cc(C(=O)N[C@@H]2CCc3cnc(-c4ccnc(C(F)(F)F)c4)cc32)ccn1. The molecule has 0 saturated heterocycles. The predicted octanol–water partition coefficient (Wildman–Crippen LogP) is 3.98. The molecule has 1 aliphatic rings. The minimum Gasteiger partial charge on any atom is -0.481 e. The van der Waals surface area contributed by atoms with Crippen LogP contribution in [0.5, 0.6) is 5.88 Å². The van der Waals surface area contributed by atoms with Crippen molar-refractivity contribution in [3.05, 3.63) is 71.3 Å². The maximum absolute atomic E-state index is 13.0. The highest BCUT2D eigenvalue weighted by molar-refractivity contribution is 5.94. The Morgan fingerprint density at radius 3 is 2.70 bits per heavy atom. The molecule has 1 amide bonds. The van der Waals surface area contributed by atoms with E-state index < -0.39 is 11.9 Å². The molecule has 3 aromatic heterocycles. The van der Waals surface area contributed by atoms with E-state index in [0.717, 1.165) is 29.8 Å². The van der Waals surface area contributed by atoms with Crippen molar-refractivity contribution in [3.63, 3.8) is 0 Å². The lowest BCUT2D eigenvalue weighted by atomic mass is 10.0. The van der Waals surface area contributed by atoms with Crippen LogP contribution in [0, 0.1) is 0 Å². The second kappa shape index (κ2) is 7.74. The van der Waals surface area contributed by atoms with Crippen LogP contribution in [0.4, 0.5) is 13.2 Å². The topological polar surface area (TPSA) is 77.0 Å². The number of aryl methyl sites for hydroxylation is 1. The van der Waals surface area contributed by atoms with Crippen LogP contribution in [0.25, 0.3) is 11.3 Å². The van der Waals surface area contributed by atoms with E-state index in [2.05, 4.69) is 20.3 Å². The van der Waals surface area contributed by atoms with E-state index in [1.54, 1.807) is 24.4 Å². The number of ether oxygens (including phenoxy) is 1. The number of nitrogens with one attached hydrogen (secondary N) is 1. The fourth-order valence-electron chi connectivity index (χ4n) is 3.44. The Labute approximate surface area is 170 Å². The number of pyridine rings is 3. The van der Waals surface area contributed by atoms with Crippen LogP contribution in [0.2, 0.25) is 0 Å². The Bertz CT molecular complexity index is 1100. The third-order valence-electron chi connectivity index (χ3n) is 4.96. The van der Waals surface area contributed by atoms with Crippen LogP contribution in [0.1, 0.15) is 39.6 Å². The zero-order valence-corrected chi connectivity index (χ0v) is 15.9. The largest absolute Gasteiger partial charge is 0.481 e. The van der Waals surface area contributed by atoms with E-state index >= 15 is 0 Å². The number of hydrogen-bond donors (Lipinski definition) is 1. The Morgan fingerprint density at radius 2 is 1.93 bits per heavy atom. The van der Waals surface area contributed by atoms with Gasteiger partial charge in [0.1, 0.15) is 5.69 Å². The van der Waals surface area contributed by atoms with Crippen molar-refractivity contribution in [1.29, 1.82) is 0 Å². The van der Waals surface area contributed by atoms with Crippen molar-refractivity contribution in [3.8, 4) is 17.1 Å². The average Bonchev–Trinajstić information content (AvgIpc) is 3.15. The Hall–Kier alpha value is -3.49. The Morgan fingerprint density at radius 1 is 1.13 bits per heavy atom. The fraction of sp³-hybridized carbons (Fsp3) is 0.238. The number of carbonyl (C=O) groups excluding carboxylic acids is 1. The van der Waals surface area contributed by atoms with Crippen LogP contribution >= 0.6 is 0 Å². The van der Waals surface area contributed by atoms with Crippen molar-refractivity contribution >= 4 is 5.91 Å². The average molecular weight is 414 g/mol. The molecule has 0 fully saturated rings. The number of nitrogens with zero attached hydrogens (tertiary/aromatic N) is 3. The van der Waals surface area contributed by atoms with Crippen LogP contribution in [-0.2, 0) is 12.6 Å². The van der Waals surface area contributed by atoms with Crippen LogP contribution in [0.3, 0.4) is 0 Å². The van der Waals surface area contributed by atoms with Gasteiger partial charge in [0, 0.05) is 35.8 Å². The van der Waals surface area contributed by atoms with Gasteiger partial charge in [-0.15, -0.1) is 0 Å². The molecule has 30 heavy (non-hydrogen) atoms. The zero-order chi connectivity index (χ0) is 21.3. The molecule has 6 nitrogen and oxygen atoms in total. The van der Waals surface area contributed by atoms with Crippen molar-refractivity contribution < 1.29 is 22.7 Å². The van der Waals surface area contributed by atoms with E-state index in [-0.39, 0.29) is 11.9 Å². The van der Waals surface area contributed by atoms with E-state index in [1.807, 2.05) is 0 Å². The fourth-order valence-corrected chi connectivity index (χ4v) is 3.44. The summed E-state index contributed by atoms with van der Waals surface area (Å²) in [7, 11) is 1.47. The summed E-state index contributed by atoms with van der Waals surface area (Å²) in [6.45, 7) is 0.